The van der Waals surface area contributed by atoms with Gasteiger partial charge in [-0.2, -0.15) is 0 Å². The first-order valence-electron chi connectivity index (χ1n) is 9.58. The lowest BCUT2D eigenvalue weighted by Crippen LogP contribution is -2.22. The fourth-order valence-electron chi connectivity index (χ4n) is 3.53. The first-order valence-corrected chi connectivity index (χ1v) is 10.5. The molecule has 1 amide bonds. The van der Waals surface area contributed by atoms with Gasteiger partial charge in [-0.25, -0.2) is 9.97 Å². The Balaban J connectivity index is 1.46. The van der Waals surface area contributed by atoms with Crippen molar-refractivity contribution in [2.75, 3.05) is 5.32 Å². The SMILES string of the molecule is O=C(Nc1ccc2nc(-c3nccs3)[nH]c2c1)C(c1ccccc1)c1ccccc1. The Morgan fingerprint density at radius 2 is 1.63 bits per heavy atom. The molecule has 2 N–H and O–H groups in total. The molecule has 0 aliphatic carbocycles. The fraction of sp³-hybridized carbons (Fsp3) is 0.0417. The minimum atomic E-state index is -0.393. The molecule has 0 atom stereocenters. The molecule has 0 saturated heterocycles. The molecule has 0 unspecified atom stereocenters. The lowest BCUT2D eigenvalue weighted by atomic mass is 9.90. The summed E-state index contributed by atoms with van der Waals surface area (Å²) in [7, 11) is 0. The molecule has 146 valence electrons. The van der Waals surface area contributed by atoms with Gasteiger partial charge in [0.05, 0.1) is 17.0 Å². The number of fused-ring (bicyclic) bond motifs is 1. The molecule has 0 spiro atoms. The van der Waals surface area contributed by atoms with E-state index in [1.54, 1.807) is 6.20 Å². The van der Waals surface area contributed by atoms with Crippen LogP contribution in [-0.4, -0.2) is 20.9 Å². The van der Waals surface area contributed by atoms with Crippen LogP contribution in [0.25, 0.3) is 21.9 Å². The molecule has 0 aliphatic heterocycles. The van der Waals surface area contributed by atoms with E-state index >= 15 is 0 Å². The number of thiazole rings is 1. The van der Waals surface area contributed by atoms with Crippen molar-refractivity contribution in [1.29, 1.82) is 0 Å². The minimum Gasteiger partial charge on any atom is -0.336 e. The van der Waals surface area contributed by atoms with Crippen LogP contribution in [0, 0.1) is 0 Å². The third-order valence-electron chi connectivity index (χ3n) is 4.91. The summed E-state index contributed by atoms with van der Waals surface area (Å²) in [5.41, 5.74) is 4.32. The molecule has 0 fully saturated rings. The van der Waals surface area contributed by atoms with Crippen molar-refractivity contribution < 1.29 is 4.79 Å². The second-order valence-corrected chi connectivity index (χ2v) is 7.79. The van der Waals surface area contributed by atoms with Crippen molar-refractivity contribution in [3.63, 3.8) is 0 Å². The van der Waals surface area contributed by atoms with Crippen molar-refractivity contribution >= 4 is 34.0 Å². The second kappa shape index (κ2) is 7.93. The highest BCUT2D eigenvalue weighted by atomic mass is 32.1. The van der Waals surface area contributed by atoms with E-state index in [1.807, 2.05) is 84.2 Å². The van der Waals surface area contributed by atoms with Crippen LogP contribution in [0.3, 0.4) is 0 Å². The van der Waals surface area contributed by atoms with Crippen molar-refractivity contribution in [1.82, 2.24) is 15.0 Å². The second-order valence-electron chi connectivity index (χ2n) is 6.90. The Kier molecular flexibility index (Phi) is 4.83. The Hall–Kier alpha value is -3.77. The molecule has 5 nitrogen and oxygen atoms in total. The van der Waals surface area contributed by atoms with E-state index in [9.17, 15) is 4.79 Å². The number of imidazole rings is 1. The predicted octanol–water partition coefficient (Wildman–Crippen LogP) is 5.46. The van der Waals surface area contributed by atoms with Gasteiger partial charge in [0.15, 0.2) is 10.8 Å². The van der Waals surface area contributed by atoms with Crippen LogP contribution in [0.15, 0.2) is 90.4 Å². The number of benzene rings is 3. The number of nitrogens with zero attached hydrogens (tertiary/aromatic N) is 2. The van der Waals surface area contributed by atoms with E-state index in [1.165, 1.54) is 11.3 Å². The molecule has 30 heavy (non-hydrogen) atoms. The first-order chi connectivity index (χ1) is 14.8. The average molecular weight is 411 g/mol. The summed E-state index contributed by atoms with van der Waals surface area (Å²) in [6, 6.07) is 25.3. The third kappa shape index (κ3) is 3.60. The molecule has 6 heteroatoms. The Morgan fingerprint density at radius 1 is 0.933 bits per heavy atom. The highest BCUT2D eigenvalue weighted by molar-refractivity contribution is 7.13. The molecular formula is C24H18N4OS. The molecule has 2 heterocycles. The van der Waals surface area contributed by atoms with Gasteiger partial charge >= 0.3 is 0 Å². The lowest BCUT2D eigenvalue weighted by Gasteiger charge is -2.18. The zero-order valence-electron chi connectivity index (χ0n) is 15.9. The van der Waals surface area contributed by atoms with E-state index < -0.39 is 5.92 Å². The smallest absolute Gasteiger partial charge is 0.236 e. The van der Waals surface area contributed by atoms with Gasteiger partial charge in [-0.05, 0) is 29.3 Å². The quantitative estimate of drug-likeness (QED) is 0.404. The summed E-state index contributed by atoms with van der Waals surface area (Å²) in [5.74, 6) is 0.261. The van der Waals surface area contributed by atoms with Gasteiger partial charge in [0, 0.05) is 17.3 Å². The highest BCUT2D eigenvalue weighted by Crippen LogP contribution is 2.28. The molecule has 0 bridgehead atoms. The molecular weight excluding hydrogens is 392 g/mol. The van der Waals surface area contributed by atoms with Gasteiger partial charge in [-0.3, -0.25) is 4.79 Å². The summed E-state index contributed by atoms with van der Waals surface area (Å²) >= 11 is 1.53. The summed E-state index contributed by atoms with van der Waals surface area (Å²) in [6.45, 7) is 0. The summed E-state index contributed by atoms with van der Waals surface area (Å²) in [4.78, 5) is 25.5. The van der Waals surface area contributed by atoms with E-state index in [4.69, 9.17) is 0 Å². The summed E-state index contributed by atoms with van der Waals surface area (Å²) in [5, 5.41) is 5.83. The number of aromatic amines is 1. The standard InChI is InChI=1S/C24H18N4OS/c29-23(21(16-7-3-1-4-8-16)17-9-5-2-6-10-17)26-18-11-12-19-20(15-18)28-22(27-19)24-25-13-14-30-24/h1-15,21H,(H,26,29)(H,27,28). The fourth-order valence-corrected chi connectivity index (χ4v) is 4.11. The maximum Gasteiger partial charge on any atom is 0.236 e. The molecule has 5 rings (SSSR count). The van der Waals surface area contributed by atoms with Gasteiger partial charge in [-0.1, -0.05) is 60.7 Å². The van der Waals surface area contributed by atoms with Crippen LogP contribution in [0.1, 0.15) is 17.0 Å². The molecule has 0 saturated carbocycles. The molecule has 2 aromatic heterocycles. The first kappa shape index (κ1) is 18.3. The van der Waals surface area contributed by atoms with E-state index in [2.05, 4.69) is 20.3 Å². The largest absolute Gasteiger partial charge is 0.336 e. The van der Waals surface area contributed by atoms with Crippen molar-refractivity contribution in [2.24, 2.45) is 0 Å². The summed E-state index contributed by atoms with van der Waals surface area (Å²) < 4.78 is 0. The Bertz CT molecular complexity index is 1240. The maximum atomic E-state index is 13.3. The van der Waals surface area contributed by atoms with Gasteiger partial charge in [0.1, 0.15) is 0 Å². The number of aromatic nitrogens is 3. The maximum absolute atomic E-state index is 13.3. The van der Waals surface area contributed by atoms with E-state index in [-0.39, 0.29) is 5.91 Å². The molecule has 0 radical (unpaired) electrons. The van der Waals surface area contributed by atoms with Crippen LogP contribution in [-0.2, 0) is 4.79 Å². The van der Waals surface area contributed by atoms with Crippen molar-refractivity contribution in [3.05, 3.63) is 102 Å². The lowest BCUT2D eigenvalue weighted by molar-refractivity contribution is -0.116. The molecule has 5 aromatic rings. The average Bonchev–Trinajstić information content (AvgIpc) is 3.45. The monoisotopic (exact) mass is 410 g/mol. The molecule has 3 aromatic carbocycles. The number of hydrogen-bond acceptors (Lipinski definition) is 4. The van der Waals surface area contributed by atoms with Gasteiger partial charge in [-0.15, -0.1) is 11.3 Å². The molecule has 0 aliphatic rings. The Labute approximate surface area is 177 Å². The number of anilines is 1. The topological polar surface area (TPSA) is 70.7 Å². The number of H-pyrrole nitrogens is 1. The van der Waals surface area contributed by atoms with Gasteiger partial charge in [0.25, 0.3) is 0 Å². The van der Waals surface area contributed by atoms with Gasteiger partial charge < -0.3 is 10.3 Å². The van der Waals surface area contributed by atoms with E-state index in [0.717, 1.165) is 38.7 Å². The van der Waals surface area contributed by atoms with Crippen LogP contribution in [0.4, 0.5) is 5.69 Å². The van der Waals surface area contributed by atoms with Crippen LogP contribution >= 0.6 is 11.3 Å². The van der Waals surface area contributed by atoms with Crippen molar-refractivity contribution in [3.8, 4) is 10.8 Å². The number of carbonyl (C=O) groups is 1. The number of amides is 1. The number of hydrogen-bond donors (Lipinski definition) is 2. The zero-order valence-corrected chi connectivity index (χ0v) is 16.8. The predicted molar refractivity (Wildman–Crippen MR) is 121 cm³/mol. The van der Waals surface area contributed by atoms with Crippen LogP contribution in [0.2, 0.25) is 0 Å². The van der Waals surface area contributed by atoms with Crippen LogP contribution < -0.4 is 5.32 Å². The van der Waals surface area contributed by atoms with E-state index in [0.29, 0.717) is 0 Å². The number of carbonyl (C=O) groups excluding carboxylic acids is 1. The Morgan fingerprint density at radius 3 is 2.27 bits per heavy atom. The normalized spacial score (nSPS) is 11.1. The summed E-state index contributed by atoms with van der Waals surface area (Å²) in [6.07, 6.45) is 1.76. The van der Waals surface area contributed by atoms with Gasteiger partial charge in [0.2, 0.25) is 5.91 Å². The highest BCUT2D eigenvalue weighted by Gasteiger charge is 2.22. The van der Waals surface area contributed by atoms with Crippen LogP contribution in [0.5, 0.6) is 0 Å². The minimum absolute atomic E-state index is 0.0774. The third-order valence-corrected chi connectivity index (χ3v) is 5.69. The number of nitrogens with one attached hydrogen (secondary N) is 2. The van der Waals surface area contributed by atoms with Crippen molar-refractivity contribution in [2.45, 2.75) is 5.92 Å². The number of rotatable bonds is 5. The zero-order chi connectivity index (χ0) is 20.3.